The third kappa shape index (κ3) is 3.24. The molecule has 0 aliphatic rings. The molecule has 7 heteroatoms. The maximum atomic E-state index is 12.0. The molecule has 0 saturated heterocycles. The summed E-state index contributed by atoms with van der Waals surface area (Å²) in [6.07, 6.45) is 4.35. The number of para-hydroxylation sites is 2. The van der Waals surface area contributed by atoms with Crippen molar-refractivity contribution < 1.29 is 9.72 Å². The fraction of sp³-hybridized carbons (Fsp3) is 0. The molecule has 3 rings (SSSR count). The molecule has 0 radical (unpaired) electrons. The van der Waals surface area contributed by atoms with E-state index >= 15 is 0 Å². The van der Waals surface area contributed by atoms with Crippen LogP contribution in [-0.4, -0.2) is 20.5 Å². The Labute approximate surface area is 131 Å². The van der Waals surface area contributed by atoms with Gasteiger partial charge in [0.05, 0.1) is 16.0 Å². The highest BCUT2D eigenvalue weighted by molar-refractivity contribution is 5.98. The maximum absolute atomic E-state index is 12.0. The van der Waals surface area contributed by atoms with E-state index in [-0.39, 0.29) is 11.6 Å². The molecule has 1 N–H and O–H groups in total. The molecule has 7 nitrogen and oxygen atoms in total. The van der Waals surface area contributed by atoms with Crippen molar-refractivity contribution in [1.82, 2.24) is 9.66 Å². The number of aromatic nitrogens is 2. The van der Waals surface area contributed by atoms with Gasteiger partial charge in [-0.2, -0.15) is 0 Å². The number of nitrogens with one attached hydrogen (secondary N) is 1. The number of amides is 1. The van der Waals surface area contributed by atoms with Crippen LogP contribution >= 0.6 is 0 Å². The Balaban J connectivity index is 1.74. The van der Waals surface area contributed by atoms with E-state index in [0.29, 0.717) is 5.56 Å². The molecule has 1 heterocycles. The molecule has 114 valence electrons. The van der Waals surface area contributed by atoms with Gasteiger partial charge in [-0.1, -0.05) is 24.3 Å². The van der Waals surface area contributed by atoms with Gasteiger partial charge in [-0.25, -0.2) is 9.66 Å². The van der Waals surface area contributed by atoms with Gasteiger partial charge in [-0.15, -0.1) is 0 Å². The summed E-state index contributed by atoms with van der Waals surface area (Å²) in [5.41, 5.74) is 4.78. The van der Waals surface area contributed by atoms with Gasteiger partial charge < -0.3 is 0 Å². The van der Waals surface area contributed by atoms with Gasteiger partial charge in [-0.05, 0) is 23.8 Å². The molecule has 0 unspecified atom stereocenters. The summed E-state index contributed by atoms with van der Waals surface area (Å²) < 4.78 is 1.52. The maximum Gasteiger partial charge on any atom is 0.270 e. The number of imidazole rings is 1. The van der Waals surface area contributed by atoms with Crippen molar-refractivity contribution in [2.75, 3.05) is 5.43 Å². The van der Waals surface area contributed by atoms with Crippen LogP contribution < -0.4 is 5.43 Å². The van der Waals surface area contributed by atoms with Crippen molar-refractivity contribution in [1.29, 1.82) is 0 Å². The SMILES string of the molecule is O=C(/C=C/c1cccc([N+](=O)[O-])c1)Nn1cnc2ccccc21. The molecule has 0 saturated carbocycles. The van der Waals surface area contributed by atoms with Gasteiger partial charge >= 0.3 is 0 Å². The van der Waals surface area contributed by atoms with E-state index in [2.05, 4.69) is 10.4 Å². The van der Waals surface area contributed by atoms with Crippen LogP contribution in [-0.2, 0) is 4.79 Å². The number of benzene rings is 2. The summed E-state index contributed by atoms with van der Waals surface area (Å²) in [6, 6.07) is 13.5. The number of nitro groups is 1. The van der Waals surface area contributed by atoms with E-state index < -0.39 is 4.92 Å². The van der Waals surface area contributed by atoms with E-state index in [9.17, 15) is 14.9 Å². The lowest BCUT2D eigenvalue weighted by Crippen LogP contribution is -2.19. The van der Waals surface area contributed by atoms with Crippen LogP contribution in [0.5, 0.6) is 0 Å². The van der Waals surface area contributed by atoms with Crippen LogP contribution in [0.3, 0.4) is 0 Å². The van der Waals surface area contributed by atoms with Crippen LogP contribution in [0.4, 0.5) is 5.69 Å². The van der Waals surface area contributed by atoms with E-state index in [1.54, 1.807) is 12.1 Å². The minimum Gasteiger partial charge on any atom is -0.268 e. The van der Waals surface area contributed by atoms with E-state index in [1.807, 2.05) is 24.3 Å². The number of hydrogen-bond donors (Lipinski definition) is 1. The quantitative estimate of drug-likeness (QED) is 0.456. The molecule has 0 atom stereocenters. The van der Waals surface area contributed by atoms with Crippen LogP contribution in [0.2, 0.25) is 0 Å². The first kappa shape index (κ1) is 14.5. The molecule has 1 amide bonds. The molecule has 23 heavy (non-hydrogen) atoms. The summed E-state index contributed by atoms with van der Waals surface area (Å²) in [7, 11) is 0. The van der Waals surface area contributed by atoms with Gasteiger partial charge in [0, 0.05) is 18.2 Å². The molecule has 1 aromatic heterocycles. The van der Waals surface area contributed by atoms with E-state index in [0.717, 1.165) is 11.0 Å². The van der Waals surface area contributed by atoms with Gasteiger partial charge in [0.25, 0.3) is 11.6 Å². The smallest absolute Gasteiger partial charge is 0.268 e. The highest BCUT2D eigenvalue weighted by Crippen LogP contribution is 2.14. The fourth-order valence-electron chi connectivity index (χ4n) is 2.12. The van der Waals surface area contributed by atoms with Crippen LogP contribution in [0.25, 0.3) is 17.1 Å². The van der Waals surface area contributed by atoms with Gasteiger partial charge in [0.2, 0.25) is 0 Å². The number of non-ortho nitro benzene ring substituents is 1. The van der Waals surface area contributed by atoms with E-state index in [4.69, 9.17) is 0 Å². The summed E-state index contributed by atoms with van der Waals surface area (Å²) in [5.74, 6) is -0.361. The van der Waals surface area contributed by atoms with Crippen LogP contribution in [0.1, 0.15) is 5.56 Å². The number of nitro benzene ring substituents is 1. The Morgan fingerprint density at radius 1 is 1.22 bits per heavy atom. The highest BCUT2D eigenvalue weighted by Gasteiger charge is 2.05. The average molecular weight is 308 g/mol. The predicted octanol–water partition coefficient (Wildman–Crippen LogP) is 2.73. The number of carbonyl (C=O) groups excluding carboxylic acids is 1. The number of hydrogen-bond acceptors (Lipinski definition) is 4. The Morgan fingerprint density at radius 2 is 2.04 bits per heavy atom. The summed E-state index contributed by atoms with van der Waals surface area (Å²) >= 11 is 0. The summed E-state index contributed by atoms with van der Waals surface area (Å²) in [5, 5.41) is 10.7. The fourth-order valence-corrected chi connectivity index (χ4v) is 2.12. The lowest BCUT2D eigenvalue weighted by Gasteiger charge is -2.03. The monoisotopic (exact) mass is 308 g/mol. The Hall–Kier alpha value is -3.48. The zero-order chi connectivity index (χ0) is 16.2. The zero-order valence-electron chi connectivity index (χ0n) is 11.9. The van der Waals surface area contributed by atoms with Crippen molar-refractivity contribution in [3.8, 4) is 0 Å². The second-order valence-corrected chi connectivity index (χ2v) is 4.76. The van der Waals surface area contributed by atoms with Crippen LogP contribution in [0.15, 0.2) is 60.9 Å². The molecule has 3 aromatic rings. The second kappa shape index (κ2) is 6.10. The van der Waals surface area contributed by atoms with Gasteiger partial charge in [0.15, 0.2) is 0 Å². The first-order chi connectivity index (χ1) is 11.1. The van der Waals surface area contributed by atoms with Crippen molar-refractivity contribution in [2.45, 2.75) is 0 Å². The van der Waals surface area contributed by atoms with Crippen molar-refractivity contribution in [2.24, 2.45) is 0 Å². The molecule has 2 aromatic carbocycles. The second-order valence-electron chi connectivity index (χ2n) is 4.76. The normalized spacial score (nSPS) is 11.0. The molecule has 0 spiro atoms. The molecule has 0 aliphatic heterocycles. The van der Waals surface area contributed by atoms with Crippen molar-refractivity contribution in [3.63, 3.8) is 0 Å². The highest BCUT2D eigenvalue weighted by atomic mass is 16.6. The first-order valence-electron chi connectivity index (χ1n) is 6.79. The molecule has 0 bridgehead atoms. The minimum atomic E-state index is -0.477. The van der Waals surface area contributed by atoms with Gasteiger partial charge in [-0.3, -0.25) is 20.3 Å². The molecular weight excluding hydrogens is 296 g/mol. The summed E-state index contributed by atoms with van der Waals surface area (Å²) in [6.45, 7) is 0. The Bertz CT molecular complexity index is 914. The number of nitrogens with zero attached hydrogens (tertiary/aromatic N) is 3. The van der Waals surface area contributed by atoms with Crippen LogP contribution in [0, 0.1) is 10.1 Å². The minimum absolute atomic E-state index is 0.0202. The third-order valence-electron chi connectivity index (χ3n) is 3.19. The number of carbonyl (C=O) groups is 1. The third-order valence-corrected chi connectivity index (χ3v) is 3.19. The summed E-state index contributed by atoms with van der Waals surface area (Å²) in [4.78, 5) is 26.4. The predicted molar refractivity (Wildman–Crippen MR) is 86.2 cm³/mol. The Morgan fingerprint density at radius 3 is 2.87 bits per heavy atom. The zero-order valence-corrected chi connectivity index (χ0v) is 11.9. The largest absolute Gasteiger partial charge is 0.270 e. The Kier molecular flexibility index (Phi) is 3.84. The topological polar surface area (TPSA) is 90.1 Å². The molecular formula is C16H12N4O3. The standard InChI is InChI=1S/C16H12N4O3/c21-16(9-8-12-4-3-5-13(10-12)20(22)23)18-19-11-17-14-6-1-2-7-15(14)19/h1-11H,(H,18,21)/b9-8+. The van der Waals surface area contributed by atoms with Gasteiger partial charge in [0.1, 0.15) is 6.33 Å². The van der Waals surface area contributed by atoms with E-state index in [1.165, 1.54) is 35.3 Å². The molecule has 0 aliphatic carbocycles. The lowest BCUT2D eigenvalue weighted by atomic mass is 10.2. The number of fused-ring (bicyclic) bond motifs is 1. The van der Waals surface area contributed by atoms with Crippen molar-refractivity contribution in [3.05, 3.63) is 76.6 Å². The number of rotatable bonds is 4. The lowest BCUT2D eigenvalue weighted by molar-refractivity contribution is -0.384. The molecule has 0 fully saturated rings. The first-order valence-corrected chi connectivity index (χ1v) is 6.79. The average Bonchev–Trinajstić information content (AvgIpc) is 2.96. The van der Waals surface area contributed by atoms with Crippen molar-refractivity contribution >= 4 is 28.7 Å².